The van der Waals surface area contributed by atoms with Crippen molar-refractivity contribution in [3.05, 3.63) is 214 Å². The Balaban J connectivity index is 1.29. The van der Waals surface area contributed by atoms with Gasteiger partial charge in [-0.25, -0.2) is 0 Å². The lowest BCUT2D eigenvalue weighted by molar-refractivity contribution is 0.102. The number of phenols is 2. The summed E-state index contributed by atoms with van der Waals surface area (Å²) in [5.41, 5.74) is 10.1. The first-order chi connectivity index (χ1) is 39.2. The molecule has 0 atom stereocenters. The summed E-state index contributed by atoms with van der Waals surface area (Å²) >= 11 is 0. The lowest BCUT2D eigenvalue weighted by atomic mass is 9.83. The van der Waals surface area contributed by atoms with Crippen LogP contribution in [-0.2, 0) is 6.54 Å². The van der Waals surface area contributed by atoms with Crippen LogP contribution in [0.25, 0.3) is 65.3 Å². The van der Waals surface area contributed by atoms with Crippen LogP contribution in [0.2, 0.25) is 0 Å². The van der Waals surface area contributed by atoms with Gasteiger partial charge in [0.05, 0.1) is 0 Å². The number of rotatable bonds is 17. The maximum absolute atomic E-state index is 15.3. The van der Waals surface area contributed by atoms with Gasteiger partial charge in [-0.2, -0.15) is 0 Å². The molecule has 0 bridgehead atoms. The van der Waals surface area contributed by atoms with Crippen LogP contribution in [0, 0.1) is 0 Å². The third-order valence-corrected chi connectivity index (χ3v) is 15.7. The molecule has 11 aromatic rings. The van der Waals surface area contributed by atoms with E-state index < -0.39 is 5.91 Å². The molecule has 0 fully saturated rings. The summed E-state index contributed by atoms with van der Waals surface area (Å²) in [6.45, 7) is 17.3. The summed E-state index contributed by atoms with van der Waals surface area (Å²) in [6.07, 6.45) is 1.51. The minimum Gasteiger partial charge on any atom is -0.507 e. The molecule has 0 aliphatic carbocycles. The van der Waals surface area contributed by atoms with Crippen molar-refractivity contribution in [3.8, 4) is 56.8 Å². The van der Waals surface area contributed by atoms with E-state index in [-0.39, 0.29) is 58.6 Å². The number of amides is 1. The number of para-hydroxylation sites is 5. The molecule has 81 heavy (non-hydrogen) atoms. The zero-order valence-corrected chi connectivity index (χ0v) is 46.8. The molecule has 0 spiro atoms. The Morgan fingerprint density at radius 3 is 1.56 bits per heavy atom. The van der Waals surface area contributed by atoms with Crippen molar-refractivity contribution in [2.24, 2.45) is 0 Å². The zero-order valence-electron chi connectivity index (χ0n) is 46.8. The van der Waals surface area contributed by atoms with Gasteiger partial charge in [-0.3, -0.25) is 14.4 Å². The van der Waals surface area contributed by atoms with Crippen LogP contribution in [0.3, 0.4) is 0 Å². The van der Waals surface area contributed by atoms with E-state index in [0.29, 0.717) is 94.6 Å². The Labute approximate surface area is 472 Å². The predicted molar refractivity (Wildman–Crippen MR) is 330 cm³/mol. The highest BCUT2D eigenvalue weighted by Crippen LogP contribution is 2.55. The third kappa shape index (κ3) is 9.62. The lowest BCUT2D eigenvalue weighted by Gasteiger charge is -2.26. The largest absolute Gasteiger partial charge is 0.507 e. The molecule has 11 aromatic carbocycles. The van der Waals surface area contributed by atoms with Crippen LogP contribution >= 0.6 is 0 Å². The summed E-state index contributed by atoms with van der Waals surface area (Å²) in [7, 11) is 0. The number of carbonyl (C=O) groups is 3. The van der Waals surface area contributed by atoms with Gasteiger partial charge in [-0.15, -0.1) is 0 Å². The molecule has 0 aliphatic rings. The van der Waals surface area contributed by atoms with E-state index in [2.05, 4.69) is 84.2 Å². The number of ether oxygens (including phenoxy) is 2. The van der Waals surface area contributed by atoms with Gasteiger partial charge in [0.25, 0.3) is 5.91 Å². The SMILES string of the molecule is CC(C)c1cccc(C(C)C)c1NCc1cc(Oc2ccccc2-c2ccccc2O)c2c3ccc(C(=O)Nc4c(C(C)C)cccc4C(C)C)c4c(C=O)cc(O)c(c5c(Oc6ccccc6-c6ccccc6)cc(C=O)c1c25)c43. The Hall–Kier alpha value is -9.47. The molecule has 404 valence electrons. The van der Waals surface area contributed by atoms with Crippen molar-refractivity contribution >= 4 is 72.9 Å². The molecule has 0 radical (unpaired) electrons. The smallest absolute Gasteiger partial charge is 0.256 e. The summed E-state index contributed by atoms with van der Waals surface area (Å²) < 4.78 is 14.6. The highest BCUT2D eigenvalue weighted by Gasteiger charge is 2.30. The van der Waals surface area contributed by atoms with E-state index >= 15 is 4.79 Å². The first-order valence-electron chi connectivity index (χ1n) is 27.8. The molecule has 0 heterocycles. The van der Waals surface area contributed by atoms with E-state index in [1.165, 1.54) is 6.07 Å². The summed E-state index contributed by atoms with van der Waals surface area (Å²) in [5.74, 6) is 1.45. The fourth-order valence-electron chi connectivity index (χ4n) is 11.9. The van der Waals surface area contributed by atoms with Crippen molar-refractivity contribution in [1.29, 1.82) is 0 Å². The maximum atomic E-state index is 15.3. The van der Waals surface area contributed by atoms with E-state index in [9.17, 15) is 19.8 Å². The zero-order chi connectivity index (χ0) is 56.8. The molecular weight excluding hydrogens is 1000 g/mol. The predicted octanol–water partition coefficient (Wildman–Crippen LogP) is 19.1. The van der Waals surface area contributed by atoms with Gasteiger partial charge in [-0.1, -0.05) is 183 Å². The van der Waals surface area contributed by atoms with Crippen LogP contribution in [0.1, 0.15) is 138 Å². The number of phenolic OH excluding ortho intramolecular Hbond substituents is 2. The molecule has 0 saturated heterocycles. The van der Waals surface area contributed by atoms with Gasteiger partial charge in [0, 0.05) is 83.6 Å². The number of anilines is 2. The van der Waals surface area contributed by atoms with Crippen molar-refractivity contribution in [1.82, 2.24) is 0 Å². The van der Waals surface area contributed by atoms with Crippen molar-refractivity contribution in [2.45, 2.75) is 85.6 Å². The molecule has 0 aromatic heterocycles. The second-order valence-corrected chi connectivity index (χ2v) is 22.1. The molecular formula is C72H64N2O7. The van der Waals surface area contributed by atoms with Gasteiger partial charge in [0.2, 0.25) is 0 Å². The topological polar surface area (TPSA) is 134 Å². The number of carbonyl (C=O) groups excluding carboxylic acids is 3. The minimum absolute atomic E-state index is 0.0662. The second kappa shape index (κ2) is 22.0. The fraction of sp³-hybridized carbons (Fsp3) is 0.181. The minimum atomic E-state index is -0.436. The third-order valence-electron chi connectivity index (χ3n) is 15.7. The summed E-state index contributed by atoms with van der Waals surface area (Å²) in [6, 6.07) is 53.2. The number of aldehydes is 2. The quantitative estimate of drug-likeness (QED) is 0.0402. The van der Waals surface area contributed by atoms with E-state index in [4.69, 9.17) is 9.47 Å². The first-order valence-corrected chi connectivity index (χ1v) is 27.8. The molecule has 4 N–H and O–H groups in total. The van der Waals surface area contributed by atoms with E-state index in [1.807, 2.05) is 121 Å². The van der Waals surface area contributed by atoms with Crippen molar-refractivity contribution < 1.29 is 34.1 Å². The lowest BCUT2D eigenvalue weighted by Crippen LogP contribution is -2.17. The van der Waals surface area contributed by atoms with Crippen LogP contribution in [0.15, 0.2) is 170 Å². The number of hydrogen-bond donors (Lipinski definition) is 4. The summed E-state index contributed by atoms with van der Waals surface area (Å²) in [4.78, 5) is 43.1. The molecule has 9 nitrogen and oxygen atoms in total. The van der Waals surface area contributed by atoms with Crippen LogP contribution in [0.4, 0.5) is 11.4 Å². The second-order valence-electron chi connectivity index (χ2n) is 22.1. The van der Waals surface area contributed by atoms with Gasteiger partial charge in [-0.05, 0) is 110 Å². The molecule has 9 heteroatoms. The van der Waals surface area contributed by atoms with Gasteiger partial charge in [0.15, 0.2) is 12.6 Å². The Morgan fingerprint density at radius 2 is 0.963 bits per heavy atom. The van der Waals surface area contributed by atoms with Crippen molar-refractivity contribution in [2.75, 3.05) is 10.6 Å². The Morgan fingerprint density at radius 1 is 0.444 bits per heavy atom. The van der Waals surface area contributed by atoms with E-state index in [0.717, 1.165) is 45.4 Å². The van der Waals surface area contributed by atoms with Crippen LogP contribution < -0.4 is 20.1 Å². The average Bonchev–Trinajstić information content (AvgIpc) is 2.45. The highest BCUT2D eigenvalue weighted by atomic mass is 16.5. The van der Waals surface area contributed by atoms with Gasteiger partial charge >= 0.3 is 0 Å². The number of aromatic hydroxyl groups is 2. The summed E-state index contributed by atoms with van der Waals surface area (Å²) in [5, 5.41) is 35.0. The highest BCUT2D eigenvalue weighted by molar-refractivity contribution is 6.40. The van der Waals surface area contributed by atoms with Gasteiger partial charge in [0.1, 0.15) is 34.5 Å². The van der Waals surface area contributed by atoms with E-state index in [1.54, 1.807) is 24.3 Å². The standard InChI is InChI=1S/C72H64N2O7/c1-40(2)48-25-18-26-49(41(3)4)70(48)73-37-45-35-61(81-60-31-17-14-24-54(60)53-23-12-15-29-57(53)77)65-55-32-33-56(72(79)74-71-50(42(5)6)27-19-28-51(71)43(7)8)64-46(38-75)34-58(78)67(66(55)64)68-62(36-47(39-76)63(45)69(65)68)80-59-30-16-13-22-52(59)44-20-10-9-11-21-44/h9-36,38-43,73,77-78H,37H2,1-8H3,(H,74,79). The van der Waals surface area contributed by atoms with Gasteiger partial charge < -0.3 is 30.3 Å². The number of fused-ring (bicyclic) bond motifs is 2. The number of benzene rings is 11. The molecule has 0 aliphatic heterocycles. The molecule has 0 saturated carbocycles. The Bertz CT molecular complexity index is 4200. The Kier molecular flexibility index (Phi) is 14.5. The number of hydrogen-bond acceptors (Lipinski definition) is 8. The van der Waals surface area contributed by atoms with Crippen LogP contribution in [0.5, 0.6) is 34.5 Å². The monoisotopic (exact) mass is 1070 g/mol. The first kappa shape index (κ1) is 53.5. The maximum Gasteiger partial charge on any atom is 0.256 e. The molecule has 1 amide bonds. The molecule has 0 unspecified atom stereocenters. The van der Waals surface area contributed by atoms with Crippen LogP contribution in [-0.4, -0.2) is 28.7 Å². The fourth-order valence-corrected chi connectivity index (χ4v) is 11.9. The average molecular weight is 1070 g/mol. The van der Waals surface area contributed by atoms with Crippen molar-refractivity contribution in [3.63, 3.8) is 0 Å². The normalized spacial score (nSPS) is 11.7. The molecule has 11 rings (SSSR count). The number of nitrogens with one attached hydrogen (secondary N) is 2.